The van der Waals surface area contributed by atoms with Gasteiger partial charge in [0.15, 0.2) is 0 Å². The van der Waals surface area contributed by atoms with Crippen LogP contribution in [0.3, 0.4) is 0 Å². The molecule has 1 aliphatic heterocycles. The third-order valence-electron chi connectivity index (χ3n) is 4.26. The molecule has 0 spiro atoms. The van der Waals surface area contributed by atoms with E-state index in [4.69, 9.17) is 10.5 Å². The molecule has 3 nitrogen and oxygen atoms in total. The second-order valence-electron chi connectivity index (χ2n) is 6.95. The molecule has 3 heteroatoms. The van der Waals surface area contributed by atoms with Gasteiger partial charge in [0, 0.05) is 24.7 Å². The van der Waals surface area contributed by atoms with Gasteiger partial charge in [-0.2, -0.15) is 0 Å². The van der Waals surface area contributed by atoms with Gasteiger partial charge in [-0.1, -0.05) is 34.6 Å². The lowest BCUT2D eigenvalue weighted by Gasteiger charge is -2.51. The summed E-state index contributed by atoms with van der Waals surface area (Å²) in [5.41, 5.74) is 6.43. The summed E-state index contributed by atoms with van der Waals surface area (Å²) in [6, 6.07) is 0.537. The number of rotatable bonds is 7. The molecule has 1 heterocycles. The summed E-state index contributed by atoms with van der Waals surface area (Å²) in [6.45, 7) is 15.0. The van der Waals surface area contributed by atoms with Gasteiger partial charge in [0.2, 0.25) is 0 Å². The van der Waals surface area contributed by atoms with Crippen LogP contribution >= 0.6 is 0 Å². The number of hydrogen-bond donors (Lipinski definition) is 1. The Hall–Kier alpha value is -0.120. The van der Waals surface area contributed by atoms with Crippen molar-refractivity contribution < 1.29 is 4.74 Å². The van der Waals surface area contributed by atoms with E-state index in [1.54, 1.807) is 0 Å². The Labute approximate surface area is 119 Å². The Morgan fingerprint density at radius 1 is 1.21 bits per heavy atom. The van der Waals surface area contributed by atoms with Gasteiger partial charge in [-0.15, -0.1) is 0 Å². The van der Waals surface area contributed by atoms with Gasteiger partial charge in [0.25, 0.3) is 0 Å². The highest BCUT2D eigenvalue weighted by Gasteiger charge is 2.40. The Morgan fingerprint density at radius 2 is 1.79 bits per heavy atom. The number of ether oxygens (including phenoxy) is 1. The van der Waals surface area contributed by atoms with E-state index in [1.807, 2.05) is 0 Å². The zero-order valence-electron chi connectivity index (χ0n) is 13.6. The first-order valence-corrected chi connectivity index (χ1v) is 7.99. The molecule has 0 aromatic rings. The summed E-state index contributed by atoms with van der Waals surface area (Å²) in [7, 11) is 0. The minimum absolute atomic E-state index is 0.160. The fourth-order valence-corrected chi connectivity index (χ4v) is 3.74. The molecular formula is C16H34N2O. The van der Waals surface area contributed by atoms with Crippen LogP contribution in [-0.4, -0.2) is 42.8 Å². The molecule has 19 heavy (non-hydrogen) atoms. The molecule has 0 aliphatic carbocycles. The summed E-state index contributed by atoms with van der Waals surface area (Å²) < 4.78 is 5.67. The van der Waals surface area contributed by atoms with E-state index < -0.39 is 0 Å². The van der Waals surface area contributed by atoms with E-state index in [9.17, 15) is 0 Å². The second-order valence-corrected chi connectivity index (χ2v) is 6.95. The fourth-order valence-electron chi connectivity index (χ4n) is 3.74. The standard InChI is InChI=1S/C16H34N2O/c1-6-15-11-19-8-7-18(15)16(12-17,9-13(2)3)10-14(4)5/h13-15H,6-12,17H2,1-5H3. The maximum Gasteiger partial charge on any atom is 0.0622 e. The molecule has 0 amide bonds. The van der Waals surface area contributed by atoms with Crippen LogP contribution in [0, 0.1) is 11.8 Å². The molecule has 1 unspecified atom stereocenters. The smallest absolute Gasteiger partial charge is 0.0622 e. The largest absolute Gasteiger partial charge is 0.378 e. The first kappa shape index (κ1) is 16.9. The normalized spacial score (nSPS) is 22.4. The number of morpholine rings is 1. The van der Waals surface area contributed by atoms with Crippen molar-refractivity contribution in [1.29, 1.82) is 0 Å². The molecular weight excluding hydrogens is 236 g/mol. The van der Waals surface area contributed by atoms with Gasteiger partial charge < -0.3 is 10.5 Å². The monoisotopic (exact) mass is 270 g/mol. The minimum atomic E-state index is 0.160. The quantitative estimate of drug-likeness (QED) is 0.773. The van der Waals surface area contributed by atoms with Crippen LogP contribution in [0.5, 0.6) is 0 Å². The van der Waals surface area contributed by atoms with Crippen LogP contribution in [0.4, 0.5) is 0 Å². The van der Waals surface area contributed by atoms with E-state index in [0.717, 1.165) is 32.7 Å². The van der Waals surface area contributed by atoms with Gasteiger partial charge in [-0.25, -0.2) is 0 Å². The summed E-state index contributed by atoms with van der Waals surface area (Å²) in [4.78, 5) is 2.68. The van der Waals surface area contributed by atoms with Crippen molar-refractivity contribution >= 4 is 0 Å². The highest BCUT2D eigenvalue weighted by Crippen LogP contribution is 2.33. The van der Waals surface area contributed by atoms with E-state index in [1.165, 1.54) is 12.8 Å². The lowest BCUT2D eigenvalue weighted by atomic mass is 9.79. The molecule has 1 rings (SSSR count). The molecule has 114 valence electrons. The average Bonchev–Trinajstić information content (AvgIpc) is 2.36. The van der Waals surface area contributed by atoms with Crippen molar-refractivity contribution in [1.82, 2.24) is 4.90 Å². The topological polar surface area (TPSA) is 38.5 Å². The van der Waals surface area contributed by atoms with Crippen LogP contribution in [0.15, 0.2) is 0 Å². The van der Waals surface area contributed by atoms with Crippen molar-refractivity contribution in [2.45, 2.75) is 65.5 Å². The van der Waals surface area contributed by atoms with Crippen LogP contribution in [0.25, 0.3) is 0 Å². The van der Waals surface area contributed by atoms with Gasteiger partial charge in [0.05, 0.1) is 13.2 Å². The average molecular weight is 270 g/mol. The predicted octanol–water partition coefficient (Wildman–Crippen LogP) is 2.89. The molecule has 0 aromatic heterocycles. The SMILES string of the molecule is CCC1COCCN1C(CN)(CC(C)C)CC(C)C. The molecule has 0 aromatic carbocycles. The van der Waals surface area contributed by atoms with Crippen molar-refractivity contribution in [3.8, 4) is 0 Å². The van der Waals surface area contributed by atoms with Gasteiger partial charge in [0.1, 0.15) is 0 Å². The number of hydrogen-bond acceptors (Lipinski definition) is 3. The second kappa shape index (κ2) is 7.61. The van der Waals surface area contributed by atoms with E-state index in [0.29, 0.717) is 17.9 Å². The third kappa shape index (κ3) is 4.44. The summed E-state index contributed by atoms with van der Waals surface area (Å²) in [5.74, 6) is 1.37. The zero-order chi connectivity index (χ0) is 14.5. The highest BCUT2D eigenvalue weighted by atomic mass is 16.5. The molecule has 1 atom stereocenters. The number of nitrogens with two attached hydrogens (primary N) is 1. The Balaban J connectivity index is 2.96. The van der Waals surface area contributed by atoms with Gasteiger partial charge in [-0.05, 0) is 31.1 Å². The first-order valence-electron chi connectivity index (χ1n) is 7.99. The predicted molar refractivity (Wildman–Crippen MR) is 82.3 cm³/mol. The minimum Gasteiger partial charge on any atom is -0.378 e. The molecule has 0 bridgehead atoms. The Kier molecular flexibility index (Phi) is 6.78. The first-order chi connectivity index (χ1) is 8.95. The van der Waals surface area contributed by atoms with Crippen LogP contribution in [0.2, 0.25) is 0 Å². The molecule has 1 fully saturated rings. The van der Waals surface area contributed by atoms with E-state index in [-0.39, 0.29) is 5.54 Å². The lowest BCUT2D eigenvalue weighted by Crippen LogP contribution is -2.62. The Morgan fingerprint density at radius 3 is 2.21 bits per heavy atom. The summed E-state index contributed by atoms with van der Waals surface area (Å²) in [5, 5.41) is 0. The molecule has 2 N–H and O–H groups in total. The van der Waals surface area contributed by atoms with E-state index in [2.05, 4.69) is 39.5 Å². The fraction of sp³-hybridized carbons (Fsp3) is 1.00. The van der Waals surface area contributed by atoms with Crippen LogP contribution < -0.4 is 5.73 Å². The zero-order valence-corrected chi connectivity index (χ0v) is 13.6. The maximum atomic E-state index is 6.27. The maximum absolute atomic E-state index is 6.27. The molecule has 0 saturated carbocycles. The molecule has 0 radical (unpaired) electrons. The van der Waals surface area contributed by atoms with Gasteiger partial charge >= 0.3 is 0 Å². The lowest BCUT2D eigenvalue weighted by molar-refractivity contribution is -0.0766. The van der Waals surface area contributed by atoms with Crippen LogP contribution in [-0.2, 0) is 4.74 Å². The summed E-state index contributed by atoms with van der Waals surface area (Å²) >= 11 is 0. The van der Waals surface area contributed by atoms with Gasteiger partial charge in [-0.3, -0.25) is 4.90 Å². The third-order valence-corrected chi connectivity index (χ3v) is 4.26. The van der Waals surface area contributed by atoms with E-state index >= 15 is 0 Å². The van der Waals surface area contributed by atoms with Crippen LogP contribution in [0.1, 0.15) is 53.9 Å². The van der Waals surface area contributed by atoms with Crippen molar-refractivity contribution in [3.05, 3.63) is 0 Å². The molecule has 1 aliphatic rings. The highest BCUT2D eigenvalue weighted by molar-refractivity contribution is 4.97. The number of nitrogens with zero attached hydrogens (tertiary/aromatic N) is 1. The Bertz CT molecular complexity index is 243. The molecule has 1 saturated heterocycles. The summed E-state index contributed by atoms with van der Waals surface area (Å²) in [6.07, 6.45) is 3.54. The van der Waals surface area contributed by atoms with Crippen molar-refractivity contribution in [2.24, 2.45) is 17.6 Å². The van der Waals surface area contributed by atoms with Crippen molar-refractivity contribution in [2.75, 3.05) is 26.3 Å². The van der Waals surface area contributed by atoms with Crippen molar-refractivity contribution in [3.63, 3.8) is 0 Å².